The van der Waals surface area contributed by atoms with Crippen LogP contribution in [-0.4, -0.2) is 42.5 Å². The Hall–Kier alpha value is -2.86. The predicted octanol–water partition coefficient (Wildman–Crippen LogP) is 3.40. The second-order valence-corrected chi connectivity index (χ2v) is 6.58. The van der Waals surface area contributed by atoms with E-state index in [9.17, 15) is 9.59 Å². The van der Waals surface area contributed by atoms with Crippen LogP contribution in [0.1, 0.15) is 32.4 Å². The Morgan fingerprint density at radius 2 is 1.50 bits per heavy atom. The molecular weight excluding hydrogens is 352 g/mol. The molecule has 2 atom stereocenters. The molecule has 0 spiro atoms. The van der Waals surface area contributed by atoms with Crippen molar-refractivity contribution in [3.63, 3.8) is 0 Å². The van der Waals surface area contributed by atoms with Crippen molar-refractivity contribution in [2.75, 3.05) is 25.0 Å². The Bertz CT molecular complexity index is 733. The molecule has 0 saturated carbocycles. The molecule has 0 aliphatic carbocycles. The van der Waals surface area contributed by atoms with Crippen molar-refractivity contribution < 1.29 is 9.59 Å². The van der Waals surface area contributed by atoms with Crippen LogP contribution in [0, 0.1) is 0 Å². The first-order chi connectivity index (χ1) is 13.5. The molecule has 3 N–H and O–H groups in total. The van der Waals surface area contributed by atoms with Gasteiger partial charge in [-0.25, -0.2) is 4.79 Å². The highest BCUT2D eigenvalue weighted by molar-refractivity contribution is 5.93. The smallest absolute Gasteiger partial charge is 0.319 e. The number of rotatable bonds is 9. The number of nitrogens with zero attached hydrogens (tertiary/aromatic N) is 1. The average Bonchev–Trinajstić information content (AvgIpc) is 2.72. The topological polar surface area (TPSA) is 73.5 Å². The summed E-state index contributed by atoms with van der Waals surface area (Å²) in [5.74, 6) is -0.212. The van der Waals surface area contributed by atoms with Crippen LogP contribution in [0.15, 0.2) is 60.7 Å². The molecular formula is C22H30N4O2. The third-order valence-corrected chi connectivity index (χ3v) is 4.68. The number of likely N-dealkylation sites (N-methyl/N-ethyl adjacent to an activating group) is 1. The molecule has 0 aliphatic heterocycles. The molecule has 2 aromatic carbocycles. The summed E-state index contributed by atoms with van der Waals surface area (Å²) in [6, 6.07) is 18.3. The number of hydrogen-bond acceptors (Lipinski definition) is 3. The van der Waals surface area contributed by atoms with E-state index in [1.807, 2.05) is 36.4 Å². The van der Waals surface area contributed by atoms with Gasteiger partial charge in [-0.15, -0.1) is 0 Å². The molecule has 6 nitrogen and oxygen atoms in total. The van der Waals surface area contributed by atoms with Crippen LogP contribution in [0.3, 0.4) is 0 Å². The SMILES string of the molecule is CCN(CC)C(CNC(=O)C(C)NC(=O)Nc1ccccc1)c1ccccc1. The van der Waals surface area contributed by atoms with Crippen molar-refractivity contribution in [2.45, 2.75) is 32.9 Å². The van der Waals surface area contributed by atoms with Gasteiger partial charge in [-0.1, -0.05) is 62.4 Å². The molecule has 0 aliphatic rings. The van der Waals surface area contributed by atoms with Gasteiger partial charge in [0.25, 0.3) is 0 Å². The largest absolute Gasteiger partial charge is 0.352 e. The van der Waals surface area contributed by atoms with Crippen LogP contribution >= 0.6 is 0 Å². The summed E-state index contributed by atoms with van der Waals surface area (Å²) in [5, 5.41) is 8.37. The third-order valence-electron chi connectivity index (χ3n) is 4.68. The number of anilines is 1. The minimum Gasteiger partial charge on any atom is -0.352 e. The molecule has 6 heteroatoms. The minimum atomic E-state index is -0.642. The summed E-state index contributed by atoms with van der Waals surface area (Å²) in [5.41, 5.74) is 1.84. The van der Waals surface area contributed by atoms with Crippen molar-refractivity contribution in [1.29, 1.82) is 0 Å². The van der Waals surface area contributed by atoms with E-state index in [1.54, 1.807) is 19.1 Å². The summed E-state index contributed by atoms with van der Waals surface area (Å²) >= 11 is 0. The van der Waals surface area contributed by atoms with Gasteiger partial charge in [0.05, 0.1) is 6.04 Å². The zero-order chi connectivity index (χ0) is 20.4. The van der Waals surface area contributed by atoms with Crippen LogP contribution in [-0.2, 0) is 4.79 Å². The quantitative estimate of drug-likeness (QED) is 0.622. The van der Waals surface area contributed by atoms with Crippen molar-refractivity contribution in [2.24, 2.45) is 0 Å². The molecule has 2 unspecified atom stereocenters. The van der Waals surface area contributed by atoms with Crippen LogP contribution in [0.2, 0.25) is 0 Å². The van der Waals surface area contributed by atoms with E-state index in [1.165, 1.54) is 0 Å². The van der Waals surface area contributed by atoms with Crippen molar-refractivity contribution in [3.05, 3.63) is 66.2 Å². The van der Waals surface area contributed by atoms with E-state index < -0.39 is 12.1 Å². The number of para-hydroxylation sites is 1. The highest BCUT2D eigenvalue weighted by Gasteiger charge is 2.21. The van der Waals surface area contributed by atoms with Gasteiger partial charge in [-0.2, -0.15) is 0 Å². The Kier molecular flexibility index (Phi) is 8.49. The van der Waals surface area contributed by atoms with E-state index in [-0.39, 0.29) is 11.9 Å². The fourth-order valence-electron chi connectivity index (χ4n) is 3.10. The van der Waals surface area contributed by atoms with E-state index in [4.69, 9.17) is 0 Å². The van der Waals surface area contributed by atoms with Gasteiger partial charge < -0.3 is 16.0 Å². The monoisotopic (exact) mass is 382 g/mol. The first-order valence-corrected chi connectivity index (χ1v) is 9.74. The lowest BCUT2D eigenvalue weighted by Gasteiger charge is -2.30. The van der Waals surface area contributed by atoms with E-state index in [0.717, 1.165) is 18.7 Å². The lowest BCUT2D eigenvalue weighted by Crippen LogP contribution is -2.48. The minimum absolute atomic E-state index is 0.0884. The first-order valence-electron chi connectivity index (χ1n) is 9.74. The second-order valence-electron chi connectivity index (χ2n) is 6.58. The van der Waals surface area contributed by atoms with E-state index >= 15 is 0 Å². The fraction of sp³-hybridized carbons (Fsp3) is 0.364. The van der Waals surface area contributed by atoms with Crippen LogP contribution in [0.5, 0.6) is 0 Å². The second kappa shape index (κ2) is 11.1. The molecule has 2 rings (SSSR count). The van der Waals surface area contributed by atoms with Gasteiger partial charge in [-0.05, 0) is 37.7 Å². The first kappa shape index (κ1) is 21.4. The van der Waals surface area contributed by atoms with Crippen molar-refractivity contribution in [1.82, 2.24) is 15.5 Å². The molecule has 2 aromatic rings. The highest BCUT2D eigenvalue weighted by Crippen LogP contribution is 2.19. The Morgan fingerprint density at radius 3 is 2.07 bits per heavy atom. The molecule has 3 amide bonds. The van der Waals surface area contributed by atoms with Crippen molar-refractivity contribution >= 4 is 17.6 Å². The lowest BCUT2D eigenvalue weighted by molar-refractivity contribution is -0.122. The molecule has 0 aromatic heterocycles. The number of nitrogens with one attached hydrogen (secondary N) is 3. The van der Waals surface area contributed by atoms with Gasteiger partial charge in [-0.3, -0.25) is 9.69 Å². The van der Waals surface area contributed by atoms with Gasteiger partial charge in [0, 0.05) is 12.2 Å². The molecule has 0 saturated heterocycles. The standard InChI is InChI=1S/C22H30N4O2/c1-4-26(5-2)20(18-12-8-6-9-13-18)16-23-21(27)17(3)24-22(28)25-19-14-10-7-11-15-19/h6-15,17,20H,4-5,16H2,1-3H3,(H,23,27)(H2,24,25,28). The van der Waals surface area contributed by atoms with Gasteiger partial charge in [0.2, 0.25) is 5.91 Å². The highest BCUT2D eigenvalue weighted by atomic mass is 16.2. The number of urea groups is 1. The van der Waals surface area contributed by atoms with E-state index in [2.05, 4.69) is 46.8 Å². The molecule has 0 radical (unpaired) electrons. The Labute approximate surface area is 167 Å². The number of carbonyl (C=O) groups excluding carboxylic acids is 2. The Balaban J connectivity index is 1.91. The number of benzene rings is 2. The van der Waals surface area contributed by atoms with Crippen LogP contribution in [0.4, 0.5) is 10.5 Å². The summed E-state index contributed by atoms with van der Waals surface area (Å²) in [6.07, 6.45) is 0. The summed E-state index contributed by atoms with van der Waals surface area (Å²) in [7, 11) is 0. The van der Waals surface area contributed by atoms with Gasteiger partial charge in [0.15, 0.2) is 0 Å². The number of carbonyl (C=O) groups is 2. The Morgan fingerprint density at radius 1 is 0.929 bits per heavy atom. The summed E-state index contributed by atoms with van der Waals surface area (Å²) < 4.78 is 0. The lowest BCUT2D eigenvalue weighted by atomic mass is 10.0. The molecule has 0 heterocycles. The maximum atomic E-state index is 12.5. The van der Waals surface area contributed by atoms with Gasteiger partial charge >= 0.3 is 6.03 Å². The average molecular weight is 383 g/mol. The van der Waals surface area contributed by atoms with Crippen LogP contribution in [0.25, 0.3) is 0 Å². The molecule has 28 heavy (non-hydrogen) atoms. The normalized spacial score (nSPS) is 12.9. The summed E-state index contributed by atoms with van der Waals surface area (Å²) in [4.78, 5) is 26.9. The zero-order valence-corrected chi connectivity index (χ0v) is 16.8. The maximum Gasteiger partial charge on any atom is 0.319 e. The van der Waals surface area contributed by atoms with Crippen molar-refractivity contribution in [3.8, 4) is 0 Å². The van der Waals surface area contributed by atoms with Gasteiger partial charge in [0.1, 0.15) is 6.04 Å². The fourth-order valence-corrected chi connectivity index (χ4v) is 3.10. The van der Waals surface area contributed by atoms with E-state index in [0.29, 0.717) is 12.2 Å². The summed E-state index contributed by atoms with van der Waals surface area (Å²) in [6.45, 7) is 8.16. The molecule has 150 valence electrons. The predicted molar refractivity (Wildman–Crippen MR) is 113 cm³/mol. The molecule has 0 bridgehead atoms. The van der Waals surface area contributed by atoms with Crippen LogP contribution < -0.4 is 16.0 Å². The number of hydrogen-bond donors (Lipinski definition) is 3. The third kappa shape index (κ3) is 6.39. The zero-order valence-electron chi connectivity index (χ0n) is 16.8. The number of amides is 3. The maximum absolute atomic E-state index is 12.5. The molecule has 0 fully saturated rings.